The SMILES string of the molecule is O=C(NCc1ccco1)c1ccc(-c2cnc3c(c2)C(C2=CCN(C(=O)NC4CCCC4)CC2)=CC3)cc1. The first-order valence-corrected chi connectivity index (χ1v) is 13.5. The third-order valence-corrected chi connectivity index (χ3v) is 7.77. The number of allylic oxidation sites excluding steroid dienone is 2. The van der Waals surface area contributed by atoms with Crippen molar-refractivity contribution in [3.05, 3.63) is 95.2 Å². The number of carbonyl (C=O) groups is 2. The minimum absolute atomic E-state index is 0.0649. The van der Waals surface area contributed by atoms with Gasteiger partial charge in [0.1, 0.15) is 5.76 Å². The Bertz CT molecular complexity index is 1380. The summed E-state index contributed by atoms with van der Waals surface area (Å²) in [5.41, 5.74) is 7.41. The Morgan fingerprint density at radius 3 is 2.63 bits per heavy atom. The van der Waals surface area contributed by atoms with Crippen LogP contribution in [0.2, 0.25) is 0 Å². The summed E-state index contributed by atoms with van der Waals surface area (Å²) in [5, 5.41) is 6.08. The number of amides is 3. The van der Waals surface area contributed by atoms with Crippen molar-refractivity contribution in [2.75, 3.05) is 13.1 Å². The van der Waals surface area contributed by atoms with Crippen LogP contribution in [-0.4, -0.2) is 41.0 Å². The summed E-state index contributed by atoms with van der Waals surface area (Å²) in [6.45, 7) is 1.72. The van der Waals surface area contributed by atoms with Gasteiger partial charge in [-0.2, -0.15) is 0 Å². The lowest BCUT2D eigenvalue weighted by Gasteiger charge is -2.28. The molecule has 1 fully saturated rings. The summed E-state index contributed by atoms with van der Waals surface area (Å²) in [7, 11) is 0. The van der Waals surface area contributed by atoms with E-state index in [9.17, 15) is 9.59 Å². The largest absolute Gasteiger partial charge is 0.467 e. The third kappa shape index (κ3) is 5.14. The molecule has 1 saturated carbocycles. The Morgan fingerprint density at radius 1 is 1.05 bits per heavy atom. The molecule has 3 aliphatic rings. The maximum Gasteiger partial charge on any atom is 0.317 e. The van der Waals surface area contributed by atoms with Crippen LogP contribution in [0.4, 0.5) is 4.79 Å². The average Bonchev–Trinajstić information content (AvgIpc) is 3.74. The lowest BCUT2D eigenvalue weighted by molar-refractivity contribution is 0.0948. The predicted molar refractivity (Wildman–Crippen MR) is 146 cm³/mol. The van der Waals surface area contributed by atoms with E-state index < -0.39 is 0 Å². The maximum absolute atomic E-state index is 12.7. The molecule has 0 saturated heterocycles. The van der Waals surface area contributed by atoms with Gasteiger partial charge in [-0.25, -0.2) is 4.79 Å². The summed E-state index contributed by atoms with van der Waals surface area (Å²) in [5.74, 6) is 0.580. The highest BCUT2D eigenvalue weighted by Gasteiger charge is 2.25. The van der Waals surface area contributed by atoms with Gasteiger partial charge in [-0.05, 0) is 66.3 Å². The number of aromatic nitrogens is 1. The van der Waals surface area contributed by atoms with E-state index in [0.29, 0.717) is 24.7 Å². The van der Waals surface area contributed by atoms with Crippen molar-refractivity contribution in [3.63, 3.8) is 0 Å². The molecular formula is C31H32N4O3. The van der Waals surface area contributed by atoms with Crippen LogP contribution >= 0.6 is 0 Å². The first kappa shape index (κ1) is 24.2. The topological polar surface area (TPSA) is 87.5 Å². The molecule has 7 heteroatoms. The van der Waals surface area contributed by atoms with Gasteiger partial charge in [-0.15, -0.1) is 0 Å². The number of fused-ring (bicyclic) bond motifs is 1. The Balaban J connectivity index is 1.11. The van der Waals surface area contributed by atoms with Crippen LogP contribution < -0.4 is 10.6 Å². The van der Waals surface area contributed by atoms with E-state index >= 15 is 0 Å². The Labute approximate surface area is 222 Å². The smallest absolute Gasteiger partial charge is 0.317 e. The minimum Gasteiger partial charge on any atom is -0.467 e. The van der Waals surface area contributed by atoms with Crippen LogP contribution in [0.1, 0.15) is 59.5 Å². The van der Waals surface area contributed by atoms with Crippen molar-refractivity contribution >= 4 is 17.5 Å². The summed E-state index contributed by atoms with van der Waals surface area (Å²) < 4.78 is 5.28. The van der Waals surface area contributed by atoms with E-state index in [4.69, 9.17) is 9.40 Å². The van der Waals surface area contributed by atoms with Crippen molar-refractivity contribution < 1.29 is 14.0 Å². The summed E-state index contributed by atoms with van der Waals surface area (Å²) in [4.78, 5) is 31.8. The number of hydrogen-bond acceptors (Lipinski definition) is 4. The fraction of sp³-hybridized carbons (Fsp3) is 0.323. The monoisotopic (exact) mass is 508 g/mol. The zero-order valence-corrected chi connectivity index (χ0v) is 21.4. The van der Waals surface area contributed by atoms with Crippen LogP contribution in [0.5, 0.6) is 0 Å². The van der Waals surface area contributed by atoms with E-state index in [0.717, 1.165) is 60.4 Å². The highest BCUT2D eigenvalue weighted by molar-refractivity contribution is 5.94. The molecule has 3 amide bonds. The number of nitrogens with zero attached hydrogens (tertiary/aromatic N) is 2. The lowest BCUT2D eigenvalue weighted by Crippen LogP contribution is -2.45. The standard InChI is InChI=1S/C31H32N4O3/c36-30(33-20-26-6-3-17-38-26)23-9-7-21(8-10-23)24-18-28-27(11-12-29(28)32-19-24)22-13-15-35(16-14-22)31(37)34-25-4-1-2-5-25/h3,6-11,13,17-19,25H,1-2,4-5,12,14-16,20H2,(H,33,36)(H,34,37). The molecule has 1 aromatic carbocycles. The summed E-state index contributed by atoms with van der Waals surface area (Å²) in [6.07, 6.45) is 14.2. The Morgan fingerprint density at radius 2 is 1.89 bits per heavy atom. The molecule has 1 aliphatic heterocycles. The number of hydrogen-bond donors (Lipinski definition) is 2. The number of pyridine rings is 1. The second-order valence-electron chi connectivity index (χ2n) is 10.2. The molecule has 0 bridgehead atoms. The third-order valence-electron chi connectivity index (χ3n) is 7.77. The molecule has 2 aromatic heterocycles. The first-order chi connectivity index (χ1) is 18.6. The molecule has 0 atom stereocenters. The lowest BCUT2D eigenvalue weighted by atomic mass is 9.94. The van der Waals surface area contributed by atoms with E-state index in [2.05, 4.69) is 28.9 Å². The van der Waals surface area contributed by atoms with Gasteiger partial charge in [0.25, 0.3) is 5.91 Å². The predicted octanol–water partition coefficient (Wildman–Crippen LogP) is 5.50. The van der Waals surface area contributed by atoms with E-state index in [1.807, 2.05) is 41.4 Å². The second kappa shape index (κ2) is 10.7. The van der Waals surface area contributed by atoms with Crippen LogP contribution in [0.3, 0.4) is 0 Å². The molecule has 7 nitrogen and oxygen atoms in total. The Hall–Kier alpha value is -4.13. The minimum atomic E-state index is -0.138. The maximum atomic E-state index is 12.7. The average molecular weight is 509 g/mol. The van der Waals surface area contributed by atoms with Crippen LogP contribution in [0, 0.1) is 0 Å². The van der Waals surface area contributed by atoms with Gasteiger partial charge in [0.2, 0.25) is 0 Å². The summed E-state index contributed by atoms with van der Waals surface area (Å²) >= 11 is 0. The molecule has 3 aromatic rings. The molecule has 6 rings (SSSR count). The van der Waals surface area contributed by atoms with Gasteiger partial charge in [0.15, 0.2) is 0 Å². The van der Waals surface area contributed by atoms with Crippen LogP contribution in [-0.2, 0) is 13.0 Å². The van der Waals surface area contributed by atoms with Crippen molar-refractivity contribution in [2.45, 2.75) is 51.1 Å². The van der Waals surface area contributed by atoms with Gasteiger partial charge in [0, 0.05) is 48.4 Å². The van der Waals surface area contributed by atoms with Crippen LogP contribution in [0.25, 0.3) is 16.7 Å². The van der Waals surface area contributed by atoms with Crippen molar-refractivity contribution in [2.24, 2.45) is 0 Å². The van der Waals surface area contributed by atoms with E-state index in [-0.39, 0.29) is 11.9 Å². The number of nitrogens with one attached hydrogen (secondary N) is 2. The van der Waals surface area contributed by atoms with Crippen molar-refractivity contribution in [1.82, 2.24) is 20.5 Å². The molecule has 2 N–H and O–H groups in total. The number of urea groups is 1. The molecular weight excluding hydrogens is 476 g/mol. The Kier molecular flexibility index (Phi) is 6.82. The highest BCUT2D eigenvalue weighted by atomic mass is 16.3. The molecule has 0 spiro atoms. The number of benzene rings is 1. The highest BCUT2D eigenvalue weighted by Crippen LogP contribution is 2.36. The molecule has 194 valence electrons. The molecule has 3 heterocycles. The van der Waals surface area contributed by atoms with Gasteiger partial charge in [-0.1, -0.05) is 37.1 Å². The van der Waals surface area contributed by atoms with Gasteiger partial charge in [0.05, 0.1) is 18.5 Å². The zero-order chi connectivity index (χ0) is 25.9. The number of furan rings is 1. The molecule has 2 aliphatic carbocycles. The van der Waals surface area contributed by atoms with Gasteiger partial charge in [-0.3, -0.25) is 9.78 Å². The fourth-order valence-electron chi connectivity index (χ4n) is 5.59. The van der Waals surface area contributed by atoms with E-state index in [1.54, 1.807) is 12.3 Å². The molecule has 38 heavy (non-hydrogen) atoms. The van der Waals surface area contributed by atoms with E-state index in [1.165, 1.54) is 24.0 Å². The molecule has 0 radical (unpaired) electrons. The molecule has 0 unspecified atom stereocenters. The van der Waals surface area contributed by atoms with Gasteiger partial charge >= 0.3 is 6.03 Å². The number of rotatable bonds is 6. The first-order valence-electron chi connectivity index (χ1n) is 13.5. The van der Waals surface area contributed by atoms with Crippen LogP contribution in [0.15, 0.2) is 77.1 Å². The normalized spacial score (nSPS) is 17.1. The van der Waals surface area contributed by atoms with Gasteiger partial charge < -0.3 is 20.0 Å². The van der Waals surface area contributed by atoms with Crippen molar-refractivity contribution in [1.29, 1.82) is 0 Å². The second-order valence-corrected chi connectivity index (χ2v) is 10.2. The quantitative estimate of drug-likeness (QED) is 0.461. The summed E-state index contributed by atoms with van der Waals surface area (Å²) in [6, 6.07) is 13.8. The zero-order valence-electron chi connectivity index (χ0n) is 21.4. The fourth-order valence-corrected chi connectivity index (χ4v) is 5.59. The van der Waals surface area contributed by atoms with Crippen molar-refractivity contribution in [3.8, 4) is 11.1 Å². The number of carbonyl (C=O) groups excluding carboxylic acids is 2.